The van der Waals surface area contributed by atoms with E-state index in [1.165, 1.54) is 6.21 Å². The van der Waals surface area contributed by atoms with Gasteiger partial charge in [-0.25, -0.2) is 5.43 Å². The van der Waals surface area contributed by atoms with Crippen LogP contribution in [0.3, 0.4) is 0 Å². The lowest BCUT2D eigenvalue weighted by molar-refractivity contribution is -0.123. The molecule has 0 aromatic heterocycles. The highest BCUT2D eigenvalue weighted by Gasteiger charge is 2.12. The fourth-order valence-corrected chi connectivity index (χ4v) is 3.00. The second-order valence-electron chi connectivity index (χ2n) is 6.71. The molecule has 0 fully saturated rings. The molecule has 0 spiro atoms. The van der Waals surface area contributed by atoms with Crippen molar-refractivity contribution in [1.82, 2.24) is 5.43 Å². The van der Waals surface area contributed by atoms with Gasteiger partial charge in [0.2, 0.25) is 0 Å². The molecule has 0 heterocycles. The molecule has 2 rings (SSSR count). The van der Waals surface area contributed by atoms with Crippen LogP contribution in [0, 0.1) is 6.92 Å². The molecule has 7 heteroatoms. The van der Waals surface area contributed by atoms with E-state index in [4.69, 9.17) is 14.2 Å². The Labute approximate surface area is 180 Å². The Hall–Kier alpha value is -2.54. The topological polar surface area (TPSA) is 69.2 Å². The number of methoxy groups -OCH3 is 1. The summed E-state index contributed by atoms with van der Waals surface area (Å²) in [7, 11) is 1.59. The van der Waals surface area contributed by atoms with E-state index < -0.39 is 0 Å². The molecular formula is C22H27BrN2O4. The number of hydrogen-bond acceptors (Lipinski definition) is 5. The lowest BCUT2D eigenvalue weighted by Gasteiger charge is -2.15. The van der Waals surface area contributed by atoms with Gasteiger partial charge in [-0.3, -0.25) is 4.79 Å². The van der Waals surface area contributed by atoms with Crippen LogP contribution in [-0.2, 0) is 4.79 Å². The lowest BCUT2D eigenvalue weighted by Crippen LogP contribution is -2.25. The number of amides is 1. The third kappa shape index (κ3) is 6.49. The zero-order chi connectivity index (χ0) is 21.4. The Morgan fingerprint density at radius 1 is 1.21 bits per heavy atom. The van der Waals surface area contributed by atoms with Crippen molar-refractivity contribution in [1.29, 1.82) is 0 Å². The van der Waals surface area contributed by atoms with E-state index in [0.717, 1.165) is 15.6 Å². The van der Waals surface area contributed by atoms with E-state index in [-0.39, 0.29) is 18.4 Å². The van der Waals surface area contributed by atoms with Gasteiger partial charge in [0.15, 0.2) is 6.61 Å². The predicted molar refractivity (Wildman–Crippen MR) is 118 cm³/mol. The van der Waals surface area contributed by atoms with Gasteiger partial charge in [0.25, 0.3) is 5.91 Å². The number of nitrogens with zero attached hydrogens (tertiary/aromatic N) is 1. The highest BCUT2D eigenvalue weighted by Crippen LogP contribution is 2.32. The first-order chi connectivity index (χ1) is 13.8. The average molecular weight is 463 g/mol. The Morgan fingerprint density at radius 3 is 2.62 bits per heavy atom. The van der Waals surface area contributed by atoms with Crippen molar-refractivity contribution in [3.05, 3.63) is 51.5 Å². The van der Waals surface area contributed by atoms with Crippen molar-refractivity contribution in [2.45, 2.75) is 33.6 Å². The van der Waals surface area contributed by atoms with Gasteiger partial charge < -0.3 is 14.2 Å². The van der Waals surface area contributed by atoms with Gasteiger partial charge in [0, 0.05) is 10.0 Å². The predicted octanol–water partition coefficient (Wildman–Crippen LogP) is 4.82. The van der Waals surface area contributed by atoms with Gasteiger partial charge in [0.05, 0.1) is 19.9 Å². The largest absolute Gasteiger partial charge is 0.497 e. The summed E-state index contributed by atoms with van der Waals surface area (Å²) in [6.45, 7) is 8.44. The molecule has 0 aliphatic carbocycles. The van der Waals surface area contributed by atoms with Crippen LogP contribution in [0.4, 0.5) is 0 Å². The number of carbonyl (C=O) groups excluding carboxylic acids is 1. The summed E-state index contributed by atoms with van der Waals surface area (Å²) in [6, 6.07) is 9.36. The maximum Gasteiger partial charge on any atom is 0.277 e. The molecule has 1 amide bonds. The standard InChI is InChI=1S/C22H27BrN2O4/c1-6-28-20-8-7-17(27-5)10-16(20)12-24-25-22(26)13-29-21-9-15(4)19(23)11-18(21)14(2)3/h7-12,14H,6,13H2,1-5H3,(H,25,26)/b24-12+. The highest BCUT2D eigenvalue weighted by atomic mass is 79.9. The van der Waals surface area contributed by atoms with Crippen LogP contribution in [0.15, 0.2) is 39.9 Å². The van der Waals surface area contributed by atoms with Crippen molar-refractivity contribution in [3.63, 3.8) is 0 Å². The first-order valence-electron chi connectivity index (χ1n) is 9.41. The molecule has 0 bridgehead atoms. The monoisotopic (exact) mass is 462 g/mol. The van der Waals surface area contributed by atoms with Gasteiger partial charge in [-0.15, -0.1) is 0 Å². The van der Waals surface area contributed by atoms with Crippen LogP contribution in [0.5, 0.6) is 17.2 Å². The summed E-state index contributed by atoms with van der Waals surface area (Å²) in [6.07, 6.45) is 1.52. The minimum absolute atomic E-state index is 0.130. The van der Waals surface area contributed by atoms with Crippen molar-refractivity contribution >= 4 is 28.1 Å². The Morgan fingerprint density at radius 2 is 1.97 bits per heavy atom. The maximum atomic E-state index is 12.2. The highest BCUT2D eigenvalue weighted by molar-refractivity contribution is 9.10. The molecule has 0 atom stereocenters. The van der Waals surface area contributed by atoms with Gasteiger partial charge in [-0.1, -0.05) is 29.8 Å². The Balaban J connectivity index is 2.02. The number of aryl methyl sites for hydroxylation is 1. The Bertz CT molecular complexity index is 881. The minimum atomic E-state index is -0.350. The fraction of sp³-hybridized carbons (Fsp3) is 0.364. The summed E-state index contributed by atoms with van der Waals surface area (Å²) in [5.74, 6) is 1.96. The van der Waals surface area contributed by atoms with Crippen molar-refractivity contribution in [2.75, 3.05) is 20.3 Å². The first kappa shape index (κ1) is 22.7. The summed E-state index contributed by atoms with van der Waals surface area (Å²) in [5, 5.41) is 4.01. The number of carbonyl (C=O) groups is 1. The van der Waals surface area contributed by atoms with Crippen LogP contribution in [0.25, 0.3) is 0 Å². The third-order valence-electron chi connectivity index (χ3n) is 4.18. The van der Waals surface area contributed by atoms with Crippen LogP contribution in [-0.4, -0.2) is 32.4 Å². The second kappa shape index (κ2) is 10.9. The smallest absolute Gasteiger partial charge is 0.277 e. The van der Waals surface area contributed by atoms with E-state index in [9.17, 15) is 4.79 Å². The summed E-state index contributed by atoms with van der Waals surface area (Å²) >= 11 is 3.54. The summed E-state index contributed by atoms with van der Waals surface area (Å²) in [4.78, 5) is 12.2. The molecule has 0 saturated carbocycles. The molecule has 0 unspecified atom stereocenters. The average Bonchev–Trinajstić information content (AvgIpc) is 2.69. The molecule has 0 aliphatic rings. The van der Waals surface area contributed by atoms with E-state index in [1.54, 1.807) is 25.3 Å². The molecule has 2 aromatic carbocycles. The van der Waals surface area contributed by atoms with Crippen molar-refractivity contribution < 1.29 is 19.0 Å². The summed E-state index contributed by atoms with van der Waals surface area (Å²) in [5.41, 5.74) is 5.27. The molecule has 29 heavy (non-hydrogen) atoms. The fourth-order valence-electron chi connectivity index (χ4n) is 2.64. The number of benzene rings is 2. The van der Waals surface area contributed by atoms with E-state index in [0.29, 0.717) is 29.4 Å². The molecule has 0 saturated heterocycles. The van der Waals surface area contributed by atoms with Gasteiger partial charge in [-0.05, 0) is 61.2 Å². The van der Waals surface area contributed by atoms with E-state index in [1.807, 2.05) is 26.0 Å². The molecule has 0 radical (unpaired) electrons. The minimum Gasteiger partial charge on any atom is -0.497 e. The third-order valence-corrected chi connectivity index (χ3v) is 5.04. The normalized spacial score (nSPS) is 11.0. The molecule has 6 nitrogen and oxygen atoms in total. The second-order valence-corrected chi connectivity index (χ2v) is 7.57. The Kier molecular flexibility index (Phi) is 8.51. The molecule has 156 valence electrons. The summed E-state index contributed by atoms with van der Waals surface area (Å²) < 4.78 is 17.6. The number of ether oxygens (including phenoxy) is 3. The number of hydrazone groups is 1. The maximum absolute atomic E-state index is 12.2. The van der Waals surface area contributed by atoms with E-state index in [2.05, 4.69) is 40.3 Å². The quantitative estimate of drug-likeness (QED) is 0.428. The van der Waals surface area contributed by atoms with Gasteiger partial charge >= 0.3 is 0 Å². The molecule has 2 aromatic rings. The number of halogens is 1. The molecule has 1 N–H and O–H groups in total. The van der Waals surface area contributed by atoms with Gasteiger partial charge in [0.1, 0.15) is 17.2 Å². The number of hydrogen-bond donors (Lipinski definition) is 1. The van der Waals surface area contributed by atoms with Crippen molar-refractivity contribution in [2.24, 2.45) is 5.10 Å². The van der Waals surface area contributed by atoms with Crippen LogP contribution in [0.2, 0.25) is 0 Å². The lowest BCUT2D eigenvalue weighted by atomic mass is 10.0. The number of nitrogens with one attached hydrogen (secondary N) is 1. The molecule has 0 aliphatic heterocycles. The van der Waals surface area contributed by atoms with Crippen LogP contribution in [0.1, 0.15) is 43.4 Å². The SMILES string of the molecule is CCOc1ccc(OC)cc1/C=N/NC(=O)COc1cc(C)c(Br)cc1C(C)C. The van der Waals surface area contributed by atoms with Gasteiger partial charge in [-0.2, -0.15) is 5.10 Å². The van der Waals surface area contributed by atoms with Crippen LogP contribution >= 0.6 is 15.9 Å². The van der Waals surface area contributed by atoms with E-state index >= 15 is 0 Å². The zero-order valence-corrected chi connectivity index (χ0v) is 19.0. The number of rotatable bonds is 9. The first-order valence-corrected chi connectivity index (χ1v) is 10.2. The molecular weight excluding hydrogens is 436 g/mol. The van der Waals surface area contributed by atoms with Crippen LogP contribution < -0.4 is 19.6 Å². The van der Waals surface area contributed by atoms with Crippen molar-refractivity contribution in [3.8, 4) is 17.2 Å². The zero-order valence-electron chi connectivity index (χ0n) is 17.4.